The van der Waals surface area contributed by atoms with Crippen LogP contribution in [0.5, 0.6) is 0 Å². The normalized spacial score (nSPS) is 10.8. The van der Waals surface area contributed by atoms with Crippen LogP contribution in [-0.2, 0) is 13.1 Å². The molecule has 0 spiro atoms. The standard InChI is InChI=1S/C15H19N3S/c1-19-11-10-18(12-14-6-2-4-8-16-14)13-15-7-3-5-9-17-15/h2-9H,10-13H2,1H3. The zero-order valence-electron chi connectivity index (χ0n) is 11.2. The van der Waals surface area contributed by atoms with Crippen molar-refractivity contribution >= 4 is 11.8 Å². The predicted octanol–water partition coefficient (Wildman–Crippen LogP) is 2.84. The molecule has 100 valence electrons. The number of nitrogens with zero attached hydrogens (tertiary/aromatic N) is 3. The molecule has 0 bridgehead atoms. The van der Waals surface area contributed by atoms with Gasteiger partial charge in [0.25, 0.3) is 0 Å². The Balaban J connectivity index is 1.99. The molecule has 0 aliphatic heterocycles. The summed E-state index contributed by atoms with van der Waals surface area (Å²) in [6.45, 7) is 2.80. The Morgan fingerprint density at radius 1 is 0.947 bits per heavy atom. The molecule has 19 heavy (non-hydrogen) atoms. The average Bonchev–Trinajstić information content (AvgIpc) is 2.47. The van der Waals surface area contributed by atoms with Crippen molar-refractivity contribution in [2.24, 2.45) is 0 Å². The first-order valence-corrected chi connectivity index (χ1v) is 7.79. The summed E-state index contributed by atoms with van der Waals surface area (Å²) in [5.41, 5.74) is 2.22. The van der Waals surface area contributed by atoms with E-state index in [2.05, 4.69) is 33.3 Å². The Kier molecular flexibility index (Phi) is 5.85. The summed E-state index contributed by atoms with van der Waals surface area (Å²) in [6, 6.07) is 12.1. The Hall–Kier alpha value is -1.39. The molecule has 2 heterocycles. The summed E-state index contributed by atoms with van der Waals surface area (Å²) in [7, 11) is 0. The van der Waals surface area contributed by atoms with Crippen LogP contribution in [0.4, 0.5) is 0 Å². The molecular formula is C15H19N3S. The Bertz CT molecular complexity index is 420. The smallest absolute Gasteiger partial charge is 0.0544 e. The highest BCUT2D eigenvalue weighted by molar-refractivity contribution is 7.98. The van der Waals surface area contributed by atoms with Crippen LogP contribution in [0, 0.1) is 0 Å². The van der Waals surface area contributed by atoms with E-state index >= 15 is 0 Å². The average molecular weight is 273 g/mol. The molecule has 0 saturated carbocycles. The third kappa shape index (κ3) is 5.01. The molecule has 0 radical (unpaired) electrons. The molecule has 2 aromatic heterocycles. The zero-order valence-corrected chi connectivity index (χ0v) is 12.0. The number of hydrogen-bond donors (Lipinski definition) is 0. The zero-order chi connectivity index (χ0) is 13.3. The maximum Gasteiger partial charge on any atom is 0.0544 e. The van der Waals surface area contributed by atoms with Crippen LogP contribution in [0.2, 0.25) is 0 Å². The molecule has 0 saturated heterocycles. The Morgan fingerprint density at radius 3 is 1.95 bits per heavy atom. The van der Waals surface area contributed by atoms with E-state index in [1.807, 2.05) is 48.4 Å². The highest BCUT2D eigenvalue weighted by Gasteiger charge is 2.08. The molecule has 0 aliphatic carbocycles. The monoisotopic (exact) mass is 273 g/mol. The van der Waals surface area contributed by atoms with Gasteiger partial charge in [0.05, 0.1) is 11.4 Å². The van der Waals surface area contributed by atoms with Gasteiger partial charge < -0.3 is 0 Å². The third-order valence-corrected chi connectivity index (χ3v) is 3.43. The lowest BCUT2D eigenvalue weighted by atomic mass is 10.3. The molecule has 2 rings (SSSR count). The van der Waals surface area contributed by atoms with E-state index in [1.54, 1.807) is 0 Å². The summed E-state index contributed by atoms with van der Waals surface area (Å²) in [4.78, 5) is 11.2. The van der Waals surface area contributed by atoms with E-state index in [0.29, 0.717) is 0 Å². The van der Waals surface area contributed by atoms with Gasteiger partial charge in [0.1, 0.15) is 0 Å². The molecular weight excluding hydrogens is 254 g/mol. The molecule has 0 amide bonds. The maximum atomic E-state index is 4.40. The van der Waals surface area contributed by atoms with E-state index < -0.39 is 0 Å². The van der Waals surface area contributed by atoms with Gasteiger partial charge in [0, 0.05) is 37.8 Å². The molecule has 0 fully saturated rings. The van der Waals surface area contributed by atoms with Crippen molar-refractivity contribution in [3.05, 3.63) is 60.2 Å². The number of rotatable bonds is 7. The highest BCUT2D eigenvalue weighted by Crippen LogP contribution is 2.07. The van der Waals surface area contributed by atoms with Crippen LogP contribution >= 0.6 is 11.8 Å². The molecule has 4 heteroatoms. The number of hydrogen-bond acceptors (Lipinski definition) is 4. The SMILES string of the molecule is CSCCN(Cc1ccccn1)Cc1ccccn1. The summed E-state index contributed by atoms with van der Waals surface area (Å²) in [5.74, 6) is 1.12. The molecule has 2 aromatic rings. The molecule has 0 atom stereocenters. The minimum atomic E-state index is 0.873. The van der Waals surface area contributed by atoms with Crippen molar-refractivity contribution in [1.29, 1.82) is 0 Å². The van der Waals surface area contributed by atoms with Gasteiger partial charge in [-0.1, -0.05) is 12.1 Å². The lowest BCUT2D eigenvalue weighted by Crippen LogP contribution is -2.26. The van der Waals surface area contributed by atoms with Crippen molar-refractivity contribution in [3.8, 4) is 0 Å². The first kappa shape index (κ1) is 14.0. The van der Waals surface area contributed by atoms with Crippen LogP contribution in [0.25, 0.3) is 0 Å². The van der Waals surface area contributed by atoms with Gasteiger partial charge in [-0.15, -0.1) is 0 Å². The molecule has 0 aliphatic rings. The van der Waals surface area contributed by atoms with Crippen LogP contribution < -0.4 is 0 Å². The van der Waals surface area contributed by atoms with Crippen LogP contribution in [0.1, 0.15) is 11.4 Å². The van der Waals surface area contributed by atoms with Crippen molar-refractivity contribution in [2.45, 2.75) is 13.1 Å². The van der Waals surface area contributed by atoms with Crippen molar-refractivity contribution < 1.29 is 0 Å². The van der Waals surface area contributed by atoms with Crippen molar-refractivity contribution in [1.82, 2.24) is 14.9 Å². The van der Waals surface area contributed by atoms with Gasteiger partial charge in [0.15, 0.2) is 0 Å². The lowest BCUT2D eigenvalue weighted by molar-refractivity contribution is 0.267. The second-order valence-electron chi connectivity index (χ2n) is 4.35. The lowest BCUT2D eigenvalue weighted by Gasteiger charge is -2.21. The van der Waals surface area contributed by atoms with E-state index in [1.165, 1.54) is 0 Å². The van der Waals surface area contributed by atoms with E-state index in [0.717, 1.165) is 36.8 Å². The van der Waals surface area contributed by atoms with Crippen LogP contribution in [0.15, 0.2) is 48.8 Å². The topological polar surface area (TPSA) is 29.0 Å². The van der Waals surface area contributed by atoms with Gasteiger partial charge in [-0.2, -0.15) is 11.8 Å². The fraction of sp³-hybridized carbons (Fsp3) is 0.333. The van der Waals surface area contributed by atoms with Gasteiger partial charge in [-0.3, -0.25) is 14.9 Å². The van der Waals surface area contributed by atoms with Gasteiger partial charge in [-0.25, -0.2) is 0 Å². The Labute approximate surface area is 119 Å². The van der Waals surface area contributed by atoms with Gasteiger partial charge in [0.2, 0.25) is 0 Å². The summed E-state index contributed by atoms with van der Waals surface area (Å²) >= 11 is 1.87. The fourth-order valence-electron chi connectivity index (χ4n) is 1.88. The highest BCUT2D eigenvalue weighted by atomic mass is 32.2. The number of pyridine rings is 2. The summed E-state index contributed by atoms with van der Waals surface area (Å²) in [5, 5.41) is 0. The molecule has 0 N–H and O–H groups in total. The minimum absolute atomic E-state index is 0.873. The van der Waals surface area contributed by atoms with E-state index in [9.17, 15) is 0 Å². The van der Waals surface area contributed by atoms with Gasteiger partial charge >= 0.3 is 0 Å². The quantitative estimate of drug-likeness (QED) is 0.775. The molecule has 3 nitrogen and oxygen atoms in total. The molecule has 0 aromatic carbocycles. The Morgan fingerprint density at radius 2 is 1.53 bits per heavy atom. The second-order valence-corrected chi connectivity index (χ2v) is 5.33. The summed E-state index contributed by atoms with van der Waals surface area (Å²) < 4.78 is 0. The number of thioether (sulfide) groups is 1. The van der Waals surface area contributed by atoms with Crippen molar-refractivity contribution in [3.63, 3.8) is 0 Å². The van der Waals surface area contributed by atoms with Gasteiger partial charge in [-0.05, 0) is 30.5 Å². The van der Waals surface area contributed by atoms with Crippen LogP contribution in [-0.4, -0.2) is 33.4 Å². The summed E-state index contributed by atoms with van der Waals surface area (Å²) in [6.07, 6.45) is 5.84. The molecule has 0 unspecified atom stereocenters. The third-order valence-electron chi connectivity index (χ3n) is 2.84. The maximum absolute atomic E-state index is 4.40. The van der Waals surface area contributed by atoms with E-state index in [4.69, 9.17) is 0 Å². The predicted molar refractivity (Wildman–Crippen MR) is 81.0 cm³/mol. The largest absolute Gasteiger partial charge is 0.291 e. The van der Waals surface area contributed by atoms with Crippen LogP contribution in [0.3, 0.4) is 0 Å². The fourth-order valence-corrected chi connectivity index (χ4v) is 2.32. The first-order valence-electron chi connectivity index (χ1n) is 6.39. The minimum Gasteiger partial charge on any atom is -0.291 e. The van der Waals surface area contributed by atoms with Crippen molar-refractivity contribution in [2.75, 3.05) is 18.6 Å². The van der Waals surface area contributed by atoms with E-state index in [-0.39, 0.29) is 0 Å². The second kappa shape index (κ2) is 7.92. The number of aromatic nitrogens is 2. The first-order chi connectivity index (χ1) is 9.38.